The van der Waals surface area contributed by atoms with Crippen LogP contribution in [0.4, 0.5) is 0 Å². The molecule has 62 valence electrons. The number of rotatable bonds is 4. The van der Waals surface area contributed by atoms with E-state index in [-0.39, 0.29) is 0 Å². The van der Waals surface area contributed by atoms with Crippen molar-refractivity contribution in [2.24, 2.45) is 0 Å². The van der Waals surface area contributed by atoms with Gasteiger partial charge in [-0.3, -0.25) is 0 Å². The van der Waals surface area contributed by atoms with E-state index >= 15 is 0 Å². The van der Waals surface area contributed by atoms with Gasteiger partial charge in [-0.2, -0.15) is 0 Å². The topological polar surface area (TPSA) is 23.9 Å². The molecule has 1 nitrogen and oxygen atoms in total. The zero-order chi connectivity index (χ0) is 8.81. The molecule has 0 fully saturated rings. The van der Waals surface area contributed by atoms with Crippen molar-refractivity contribution in [3.8, 4) is 0 Å². The molecule has 0 atom stereocenters. The van der Waals surface area contributed by atoms with E-state index < -0.39 is 0 Å². The molecule has 0 spiro atoms. The number of benzene rings is 1. The van der Waals surface area contributed by atoms with Gasteiger partial charge in [-0.1, -0.05) is 36.4 Å². The van der Waals surface area contributed by atoms with E-state index in [4.69, 9.17) is 5.41 Å². The molecular weight excluding hydrogens is 146 g/mol. The van der Waals surface area contributed by atoms with Crippen LogP contribution >= 0.6 is 0 Å². The summed E-state index contributed by atoms with van der Waals surface area (Å²) in [5.41, 5.74) is 1.70. The van der Waals surface area contributed by atoms with Gasteiger partial charge in [0.2, 0.25) is 0 Å². The number of allylic oxidation sites excluding steroid dienone is 1. The van der Waals surface area contributed by atoms with Gasteiger partial charge in [-0.05, 0) is 18.4 Å². The molecule has 12 heavy (non-hydrogen) atoms. The quantitative estimate of drug-likeness (QED) is 0.516. The minimum absolute atomic E-state index is 0.690. The molecule has 0 bridgehead atoms. The number of hydrogen-bond acceptors (Lipinski definition) is 1. The van der Waals surface area contributed by atoms with Gasteiger partial charge in [0.25, 0.3) is 0 Å². The van der Waals surface area contributed by atoms with Gasteiger partial charge in [-0.25, -0.2) is 0 Å². The zero-order valence-corrected chi connectivity index (χ0v) is 7.09. The van der Waals surface area contributed by atoms with E-state index in [1.54, 1.807) is 0 Å². The highest BCUT2D eigenvalue weighted by atomic mass is 14.4. The Bertz CT molecular complexity index is 262. The van der Waals surface area contributed by atoms with Crippen LogP contribution in [0.3, 0.4) is 0 Å². The highest BCUT2D eigenvalue weighted by Gasteiger charge is 1.97. The van der Waals surface area contributed by atoms with Gasteiger partial charge in [0.15, 0.2) is 0 Å². The van der Waals surface area contributed by atoms with Crippen molar-refractivity contribution in [3.63, 3.8) is 0 Å². The van der Waals surface area contributed by atoms with Crippen molar-refractivity contribution in [2.45, 2.75) is 12.8 Å². The molecule has 0 unspecified atom stereocenters. The second-order valence-electron chi connectivity index (χ2n) is 2.67. The van der Waals surface area contributed by atoms with Crippen molar-refractivity contribution in [1.82, 2.24) is 0 Å². The third kappa shape index (κ3) is 2.35. The average Bonchev–Trinajstić information content (AvgIpc) is 2.15. The van der Waals surface area contributed by atoms with E-state index in [1.165, 1.54) is 0 Å². The normalized spacial score (nSPS) is 9.33. The summed E-state index contributed by atoms with van der Waals surface area (Å²) in [6, 6.07) is 9.80. The van der Waals surface area contributed by atoms with Gasteiger partial charge < -0.3 is 5.41 Å². The predicted octanol–water partition coefficient (Wildman–Crippen LogP) is 3.02. The van der Waals surface area contributed by atoms with E-state index in [0.717, 1.165) is 18.4 Å². The zero-order valence-electron chi connectivity index (χ0n) is 7.09. The van der Waals surface area contributed by atoms with Gasteiger partial charge in [0.1, 0.15) is 0 Å². The molecule has 0 amide bonds. The maximum absolute atomic E-state index is 7.69. The molecule has 0 aliphatic heterocycles. The SMILES string of the molecule is C=CCCC(=N)c1ccccc1. The Labute approximate surface area is 73.3 Å². The Morgan fingerprint density at radius 1 is 1.33 bits per heavy atom. The van der Waals surface area contributed by atoms with Crippen LogP contribution in [0.15, 0.2) is 43.0 Å². The summed E-state index contributed by atoms with van der Waals surface area (Å²) in [6.45, 7) is 3.63. The summed E-state index contributed by atoms with van der Waals surface area (Å²) in [4.78, 5) is 0. The number of nitrogens with one attached hydrogen (secondary N) is 1. The van der Waals surface area contributed by atoms with Crippen molar-refractivity contribution >= 4 is 5.71 Å². The third-order valence-electron chi connectivity index (χ3n) is 1.72. The molecule has 1 rings (SSSR count). The van der Waals surface area contributed by atoms with Gasteiger partial charge in [0.05, 0.1) is 0 Å². The summed E-state index contributed by atoms with van der Waals surface area (Å²) in [7, 11) is 0. The molecule has 1 N–H and O–H groups in total. The van der Waals surface area contributed by atoms with Crippen LogP contribution in [-0.4, -0.2) is 5.71 Å². The monoisotopic (exact) mass is 159 g/mol. The minimum Gasteiger partial charge on any atom is -0.305 e. The van der Waals surface area contributed by atoms with Crippen molar-refractivity contribution in [1.29, 1.82) is 5.41 Å². The molecule has 0 heterocycles. The van der Waals surface area contributed by atoms with Crippen LogP contribution < -0.4 is 0 Å². The summed E-state index contributed by atoms with van der Waals surface area (Å²) >= 11 is 0. The van der Waals surface area contributed by atoms with Crippen LogP contribution in [0.5, 0.6) is 0 Å². The molecule has 0 saturated carbocycles. The summed E-state index contributed by atoms with van der Waals surface area (Å²) in [6.07, 6.45) is 3.51. The van der Waals surface area contributed by atoms with E-state index in [0.29, 0.717) is 5.71 Å². The van der Waals surface area contributed by atoms with Crippen molar-refractivity contribution < 1.29 is 0 Å². The van der Waals surface area contributed by atoms with Gasteiger partial charge >= 0.3 is 0 Å². The largest absolute Gasteiger partial charge is 0.305 e. The third-order valence-corrected chi connectivity index (χ3v) is 1.72. The lowest BCUT2D eigenvalue weighted by Gasteiger charge is -2.00. The van der Waals surface area contributed by atoms with E-state index in [2.05, 4.69) is 6.58 Å². The lowest BCUT2D eigenvalue weighted by molar-refractivity contribution is 1.09. The first-order valence-corrected chi connectivity index (χ1v) is 4.08. The Balaban J connectivity index is 2.59. The Morgan fingerprint density at radius 3 is 2.58 bits per heavy atom. The van der Waals surface area contributed by atoms with Crippen LogP contribution in [0.25, 0.3) is 0 Å². The van der Waals surface area contributed by atoms with Crippen LogP contribution in [0.1, 0.15) is 18.4 Å². The van der Waals surface area contributed by atoms with Crippen LogP contribution in [-0.2, 0) is 0 Å². The molecule has 0 aliphatic rings. The van der Waals surface area contributed by atoms with E-state index in [9.17, 15) is 0 Å². The van der Waals surface area contributed by atoms with Crippen LogP contribution in [0.2, 0.25) is 0 Å². The Hall–Kier alpha value is -1.37. The molecule has 0 radical (unpaired) electrons. The molecule has 1 heteroatoms. The summed E-state index contributed by atoms with van der Waals surface area (Å²) < 4.78 is 0. The molecule has 1 aromatic carbocycles. The lowest BCUT2D eigenvalue weighted by Crippen LogP contribution is -1.96. The average molecular weight is 159 g/mol. The fourth-order valence-corrected chi connectivity index (χ4v) is 1.03. The molecule has 0 aromatic heterocycles. The first-order chi connectivity index (χ1) is 5.84. The minimum atomic E-state index is 0.690. The standard InChI is InChI=1S/C11H13N/c1-2-3-9-11(12)10-7-5-4-6-8-10/h2,4-8,12H,1,3,9H2. The fraction of sp³-hybridized carbons (Fsp3) is 0.182. The second kappa shape index (κ2) is 4.50. The first kappa shape index (κ1) is 8.72. The van der Waals surface area contributed by atoms with Crippen molar-refractivity contribution in [3.05, 3.63) is 48.6 Å². The smallest absolute Gasteiger partial charge is 0.0389 e. The summed E-state index contributed by atoms with van der Waals surface area (Å²) in [5, 5.41) is 7.69. The second-order valence-corrected chi connectivity index (χ2v) is 2.67. The van der Waals surface area contributed by atoms with Gasteiger partial charge in [0, 0.05) is 5.71 Å². The van der Waals surface area contributed by atoms with Crippen molar-refractivity contribution in [2.75, 3.05) is 0 Å². The van der Waals surface area contributed by atoms with Crippen LogP contribution in [0, 0.1) is 5.41 Å². The Morgan fingerprint density at radius 2 is 2.00 bits per heavy atom. The molecule has 1 aromatic rings. The Kier molecular flexibility index (Phi) is 3.27. The first-order valence-electron chi connectivity index (χ1n) is 4.08. The number of hydrogen-bond donors (Lipinski definition) is 1. The fourth-order valence-electron chi connectivity index (χ4n) is 1.03. The van der Waals surface area contributed by atoms with Gasteiger partial charge in [-0.15, -0.1) is 6.58 Å². The lowest BCUT2D eigenvalue weighted by atomic mass is 10.1. The maximum Gasteiger partial charge on any atom is 0.0389 e. The molecular formula is C11H13N. The molecule has 0 aliphatic carbocycles. The van der Waals surface area contributed by atoms with E-state index in [1.807, 2.05) is 36.4 Å². The maximum atomic E-state index is 7.69. The highest BCUT2D eigenvalue weighted by Crippen LogP contribution is 2.04. The molecule has 0 saturated heterocycles. The highest BCUT2D eigenvalue weighted by molar-refractivity contribution is 5.98. The summed E-state index contributed by atoms with van der Waals surface area (Å²) in [5.74, 6) is 0. The predicted molar refractivity (Wildman–Crippen MR) is 52.7 cm³/mol.